The van der Waals surface area contributed by atoms with Crippen molar-refractivity contribution in [3.05, 3.63) is 16.0 Å². The maximum atomic E-state index is 9.87. The van der Waals surface area contributed by atoms with Crippen molar-refractivity contribution in [3.63, 3.8) is 0 Å². The fraction of sp³-hybridized carbons (Fsp3) is 0.833. The number of hydrogen-bond acceptors (Lipinski definition) is 5. The maximum Gasteiger partial charge on any atom is 0.151 e. The number of aldehydes is 1. The number of hydrogen-bond donors (Lipinski definition) is 4. The molecule has 0 bridgehead atoms. The van der Waals surface area contributed by atoms with Gasteiger partial charge in [-0.15, -0.1) is 0 Å². The molecule has 0 saturated carbocycles. The van der Waals surface area contributed by atoms with Gasteiger partial charge >= 0.3 is 0 Å². The van der Waals surface area contributed by atoms with E-state index in [0.717, 1.165) is 0 Å². The number of nitrogens with zero attached hydrogens (tertiary/aromatic N) is 3. The molecule has 0 aromatic carbocycles. The monoisotopic (exact) mass is 206 g/mol. The van der Waals surface area contributed by atoms with Crippen molar-refractivity contribution in [2.45, 2.75) is 31.3 Å². The second kappa shape index (κ2) is 8.42. The number of carbonyl (C=O) groups excluding carboxylic acids is 1. The first-order valence-corrected chi connectivity index (χ1v) is 3.58. The summed E-state index contributed by atoms with van der Waals surface area (Å²) in [6.07, 6.45) is -5.88. The maximum absolute atomic E-state index is 9.87. The summed E-state index contributed by atoms with van der Waals surface area (Å²) in [5.41, 5.74) is 13.5. The molecule has 0 saturated heterocycles. The molecule has 4 atom stereocenters. The quantitative estimate of drug-likeness (QED) is 0.191. The third-order valence-corrected chi connectivity index (χ3v) is 1.33. The summed E-state index contributed by atoms with van der Waals surface area (Å²) in [6.45, 7) is 1.24. The van der Waals surface area contributed by atoms with Gasteiger partial charge in [-0.25, -0.2) is 0 Å². The third-order valence-electron chi connectivity index (χ3n) is 1.33. The lowest BCUT2D eigenvalue weighted by Crippen LogP contribution is -2.43. The van der Waals surface area contributed by atoms with Crippen molar-refractivity contribution in [2.75, 3.05) is 0 Å². The van der Waals surface area contributed by atoms with Crippen molar-refractivity contribution in [1.82, 2.24) is 0 Å². The topological polar surface area (TPSA) is 157 Å². The molecule has 0 aromatic heterocycles. The summed E-state index contributed by atoms with van der Waals surface area (Å²) in [4.78, 5) is 11.4. The van der Waals surface area contributed by atoms with Gasteiger partial charge in [0.25, 0.3) is 0 Å². The molecule has 0 radical (unpaired) electrons. The number of aliphatic hydroxyl groups is 4. The van der Waals surface area contributed by atoms with Crippen LogP contribution in [0.15, 0.2) is 0 Å². The van der Waals surface area contributed by atoms with Crippen LogP contribution in [0.5, 0.6) is 0 Å². The molecule has 4 N–H and O–H groups in total. The fourth-order valence-electron chi connectivity index (χ4n) is 0.568. The van der Waals surface area contributed by atoms with E-state index in [0.29, 0.717) is 0 Å². The zero-order valence-electron chi connectivity index (χ0n) is 7.43. The van der Waals surface area contributed by atoms with Crippen LogP contribution in [0.25, 0.3) is 16.0 Å². The number of aliphatic hydroxyl groups excluding tert-OH is 4. The molecule has 0 amide bonds. The average Bonchev–Trinajstić information content (AvgIpc) is 2.15. The highest BCUT2D eigenvalue weighted by Crippen LogP contribution is 2.02. The summed E-state index contributed by atoms with van der Waals surface area (Å²) >= 11 is 0. The Morgan fingerprint density at radius 2 is 1.50 bits per heavy atom. The molecule has 0 aliphatic carbocycles. The van der Waals surface area contributed by atoms with Crippen LogP contribution in [0.1, 0.15) is 6.92 Å². The molecule has 0 spiro atoms. The van der Waals surface area contributed by atoms with Crippen molar-refractivity contribution < 1.29 is 25.2 Å². The molecule has 8 nitrogen and oxygen atoms in total. The molecule has 0 rings (SSSR count). The van der Waals surface area contributed by atoms with E-state index in [-0.39, 0.29) is 6.29 Å². The summed E-state index contributed by atoms with van der Waals surface area (Å²) < 4.78 is 0. The molecule has 0 aliphatic rings. The standard InChI is InChI=1S/C6H12O5.N3/c1-3(8)5(10)6(11)4(9)2-7;1-3-2/h2-6,8-11H,1H3;/q;-1/t3-,4+,5+,6-;/m0./s1. The van der Waals surface area contributed by atoms with Gasteiger partial charge in [-0.2, -0.15) is 0 Å². The summed E-state index contributed by atoms with van der Waals surface area (Å²) in [6, 6.07) is 0. The highest BCUT2D eigenvalue weighted by Gasteiger charge is 2.27. The van der Waals surface area contributed by atoms with Crippen LogP contribution in [0, 0.1) is 0 Å². The summed E-state index contributed by atoms with van der Waals surface area (Å²) in [7, 11) is 0. The molecular weight excluding hydrogens is 194 g/mol. The Morgan fingerprint density at radius 3 is 1.71 bits per heavy atom. The lowest BCUT2D eigenvalue weighted by atomic mass is 10.1. The van der Waals surface area contributed by atoms with E-state index in [9.17, 15) is 4.79 Å². The Balaban J connectivity index is 0. The first-order valence-electron chi connectivity index (χ1n) is 3.58. The molecule has 0 aromatic rings. The van der Waals surface area contributed by atoms with Gasteiger partial charge in [0.2, 0.25) is 0 Å². The normalized spacial score (nSPS) is 17.8. The van der Waals surface area contributed by atoms with Gasteiger partial charge in [-0.05, 0) is 6.92 Å². The van der Waals surface area contributed by atoms with Gasteiger partial charge < -0.3 is 36.3 Å². The van der Waals surface area contributed by atoms with Crippen molar-refractivity contribution in [2.24, 2.45) is 0 Å². The van der Waals surface area contributed by atoms with E-state index in [1.807, 2.05) is 0 Å². The van der Waals surface area contributed by atoms with Crippen LogP contribution in [0.4, 0.5) is 0 Å². The Labute approximate surface area is 79.8 Å². The molecule has 0 unspecified atom stereocenters. The lowest BCUT2D eigenvalue weighted by Gasteiger charge is -2.21. The van der Waals surface area contributed by atoms with Crippen LogP contribution in [-0.2, 0) is 4.79 Å². The van der Waals surface area contributed by atoms with Gasteiger partial charge in [0, 0.05) is 0 Å². The molecule has 82 valence electrons. The van der Waals surface area contributed by atoms with Crippen LogP contribution < -0.4 is 0 Å². The fourth-order valence-corrected chi connectivity index (χ4v) is 0.568. The predicted molar refractivity (Wildman–Crippen MR) is 45.8 cm³/mol. The van der Waals surface area contributed by atoms with E-state index in [4.69, 9.17) is 31.5 Å². The van der Waals surface area contributed by atoms with Crippen molar-refractivity contribution in [3.8, 4) is 0 Å². The molecule has 14 heavy (non-hydrogen) atoms. The van der Waals surface area contributed by atoms with E-state index in [1.54, 1.807) is 0 Å². The van der Waals surface area contributed by atoms with Crippen LogP contribution >= 0.6 is 0 Å². The number of carbonyl (C=O) groups is 1. The highest BCUT2D eigenvalue weighted by atomic mass is 16.4. The number of rotatable bonds is 4. The largest absolute Gasteiger partial charge is 0.391 e. The van der Waals surface area contributed by atoms with Crippen LogP contribution in [-0.4, -0.2) is 51.1 Å². The zero-order valence-corrected chi connectivity index (χ0v) is 7.43. The second-order valence-electron chi connectivity index (χ2n) is 2.44. The molecule has 0 heterocycles. The van der Waals surface area contributed by atoms with Crippen LogP contribution in [0.2, 0.25) is 0 Å². The molecule has 0 fully saturated rings. The van der Waals surface area contributed by atoms with Gasteiger partial charge in [0.05, 0.1) is 6.10 Å². The smallest absolute Gasteiger partial charge is 0.151 e. The SMILES string of the molecule is C[C@H](O)[C@@H](O)[C@@H](O)[C@H](O)C=O.[N-]=[N+]=[N-]. The third kappa shape index (κ3) is 6.35. The van der Waals surface area contributed by atoms with Crippen LogP contribution in [0.3, 0.4) is 0 Å². The molecular formula is C6H12N3O5-. The Hall–Kier alpha value is -1.18. The van der Waals surface area contributed by atoms with E-state index >= 15 is 0 Å². The first-order chi connectivity index (χ1) is 6.42. The predicted octanol–water partition coefficient (Wildman–Crippen LogP) is -1.49. The molecule has 8 heteroatoms. The van der Waals surface area contributed by atoms with Gasteiger partial charge in [-0.3, -0.25) is 4.91 Å². The summed E-state index contributed by atoms with van der Waals surface area (Å²) in [5, 5.41) is 35.1. The highest BCUT2D eigenvalue weighted by molar-refractivity contribution is 5.56. The van der Waals surface area contributed by atoms with Gasteiger partial charge in [0.15, 0.2) is 6.29 Å². The second-order valence-corrected chi connectivity index (χ2v) is 2.44. The Morgan fingerprint density at radius 1 is 1.14 bits per heavy atom. The Bertz CT molecular complexity index is 192. The minimum atomic E-state index is -1.65. The van der Waals surface area contributed by atoms with Crippen molar-refractivity contribution in [1.29, 1.82) is 0 Å². The van der Waals surface area contributed by atoms with Gasteiger partial charge in [-0.1, -0.05) is 0 Å². The van der Waals surface area contributed by atoms with E-state index < -0.39 is 24.4 Å². The minimum absolute atomic E-state index is 0.0935. The average molecular weight is 206 g/mol. The van der Waals surface area contributed by atoms with Crippen molar-refractivity contribution >= 4 is 6.29 Å². The zero-order chi connectivity index (χ0) is 11.7. The molecule has 0 aliphatic heterocycles. The minimum Gasteiger partial charge on any atom is -0.391 e. The van der Waals surface area contributed by atoms with E-state index in [1.165, 1.54) is 11.8 Å². The Kier molecular flexibility index (Phi) is 9.20. The summed E-state index contributed by atoms with van der Waals surface area (Å²) in [5.74, 6) is 0. The van der Waals surface area contributed by atoms with Gasteiger partial charge in [0.1, 0.15) is 18.3 Å². The lowest BCUT2D eigenvalue weighted by molar-refractivity contribution is -0.132. The van der Waals surface area contributed by atoms with E-state index in [2.05, 4.69) is 0 Å². The first kappa shape index (κ1) is 15.3.